The Morgan fingerprint density at radius 3 is 2.15 bits per heavy atom. The van der Waals surface area contributed by atoms with Gasteiger partial charge in [0.2, 0.25) is 11.8 Å². The highest BCUT2D eigenvalue weighted by molar-refractivity contribution is 5.86. The molecule has 1 unspecified atom stereocenters. The topological polar surface area (TPSA) is 162 Å². The maximum absolute atomic E-state index is 13.5. The van der Waals surface area contributed by atoms with Crippen molar-refractivity contribution in [2.24, 2.45) is 11.7 Å². The normalized spacial score (nSPS) is 18.9. The summed E-state index contributed by atoms with van der Waals surface area (Å²) in [5.74, 6) is 1.24. The lowest BCUT2D eigenvalue weighted by atomic mass is 10.0. The molecule has 5 N–H and O–H groups in total. The minimum absolute atomic E-state index is 0.0175. The third kappa shape index (κ3) is 6.92. The molecule has 246 valence electrons. The average molecular weight is 639 g/mol. The SMILES string of the molecule is COC(=O)N[C@H](C(=O)N1CCC[C@H]1c1ncc(-c2ccc(-c3ccc(-c4cnc(CN5CCCC(N)C5=O)[nH]4)cc3)cc2)[nH]1)C(C)C. The zero-order valence-corrected chi connectivity index (χ0v) is 27.0. The zero-order valence-electron chi connectivity index (χ0n) is 27.0. The van der Waals surface area contributed by atoms with Crippen LogP contribution in [0.1, 0.15) is 57.2 Å². The van der Waals surface area contributed by atoms with Gasteiger partial charge in [0.15, 0.2) is 0 Å². The summed E-state index contributed by atoms with van der Waals surface area (Å²) in [7, 11) is 1.29. The molecule has 2 aliphatic heterocycles. The van der Waals surface area contributed by atoms with Gasteiger partial charge in [-0.15, -0.1) is 0 Å². The molecule has 12 nitrogen and oxygen atoms in total. The third-order valence-electron chi connectivity index (χ3n) is 9.10. The van der Waals surface area contributed by atoms with Crippen LogP contribution in [0.25, 0.3) is 33.6 Å². The Morgan fingerprint density at radius 2 is 1.51 bits per heavy atom. The highest BCUT2D eigenvalue weighted by Gasteiger charge is 2.37. The van der Waals surface area contributed by atoms with Crippen LogP contribution in [0.3, 0.4) is 0 Å². The second-order valence-electron chi connectivity index (χ2n) is 12.6. The van der Waals surface area contributed by atoms with Crippen LogP contribution in [0.5, 0.6) is 0 Å². The van der Waals surface area contributed by atoms with E-state index in [1.54, 1.807) is 17.3 Å². The van der Waals surface area contributed by atoms with E-state index in [9.17, 15) is 14.4 Å². The Kier molecular flexibility index (Phi) is 9.39. The van der Waals surface area contributed by atoms with E-state index in [2.05, 4.69) is 73.8 Å². The van der Waals surface area contributed by atoms with Crippen LogP contribution >= 0.6 is 0 Å². The monoisotopic (exact) mass is 638 g/mol. The number of likely N-dealkylation sites (tertiary alicyclic amines) is 2. The molecule has 4 aromatic rings. The van der Waals surface area contributed by atoms with Gasteiger partial charge in [0, 0.05) is 13.1 Å². The quantitative estimate of drug-likeness (QED) is 0.208. The molecule has 6 rings (SSSR count). The van der Waals surface area contributed by atoms with Crippen molar-refractivity contribution in [1.29, 1.82) is 0 Å². The van der Waals surface area contributed by atoms with Gasteiger partial charge >= 0.3 is 6.09 Å². The van der Waals surface area contributed by atoms with Crippen LogP contribution < -0.4 is 11.1 Å². The maximum Gasteiger partial charge on any atom is 0.407 e. The Hall–Kier alpha value is -4.97. The van der Waals surface area contributed by atoms with Crippen molar-refractivity contribution in [1.82, 2.24) is 35.1 Å². The van der Waals surface area contributed by atoms with E-state index in [-0.39, 0.29) is 23.8 Å². The number of methoxy groups -OCH3 is 1. The van der Waals surface area contributed by atoms with Gasteiger partial charge in [0.1, 0.15) is 17.7 Å². The van der Waals surface area contributed by atoms with Crippen LogP contribution in [-0.4, -0.2) is 79.9 Å². The van der Waals surface area contributed by atoms with Crippen molar-refractivity contribution in [2.45, 2.75) is 64.2 Å². The molecule has 2 aromatic carbocycles. The number of aromatic nitrogens is 4. The summed E-state index contributed by atoms with van der Waals surface area (Å²) in [6.07, 6.45) is 6.29. The van der Waals surface area contributed by atoms with Crippen molar-refractivity contribution < 1.29 is 19.1 Å². The molecule has 0 aliphatic carbocycles. The molecule has 2 aromatic heterocycles. The van der Waals surface area contributed by atoms with Crippen molar-refractivity contribution in [3.05, 3.63) is 72.6 Å². The molecule has 0 saturated carbocycles. The van der Waals surface area contributed by atoms with Crippen LogP contribution in [-0.2, 0) is 20.9 Å². The van der Waals surface area contributed by atoms with E-state index in [4.69, 9.17) is 10.5 Å². The summed E-state index contributed by atoms with van der Waals surface area (Å²) in [6, 6.07) is 15.3. The van der Waals surface area contributed by atoms with E-state index >= 15 is 0 Å². The van der Waals surface area contributed by atoms with E-state index in [1.807, 2.05) is 18.7 Å². The number of aromatic amines is 2. The largest absolute Gasteiger partial charge is 0.453 e. The van der Waals surface area contributed by atoms with Crippen LogP contribution in [0, 0.1) is 5.92 Å². The number of amides is 3. The molecule has 12 heteroatoms. The first kappa shape index (κ1) is 32.0. The smallest absolute Gasteiger partial charge is 0.407 e. The van der Waals surface area contributed by atoms with E-state index in [0.29, 0.717) is 19.6 Å². The third-order valence-corrected chi connectivity index (χ3v) is 9.10. The zero-order chi connectivity index (χ0) is 33.1. The van der Waals surface area contributed by atoms with Crippen LogP contribution in [0.2, 0.25) is 0 Å². The van der Waals surface area contributed by atoms with E-state index in [1.165, 1.54) is 7.11 Å². The van der Waals surface area contributed by atoms with Gasteiger partial charge in [-0.2, -0.15) is 0 Å². The van der Waals surface area contributed by atoms with Crippen molar-refractivity contribution >= 4 is 17.9 Å². The summed E-state index contributed by atoms with van der Waals surface area (Å²) in [5, 5.41) is 2.69. The minimum atomic E-state index is -0.674. The molecule has 2 saturated heterocycles. The predicted octanol–water partition coefficient (Wildman–Crippen LogP) is 4.63. The van der Waals surface area contributed by atoms with Crippen LogP contribution in [0.15, 0.2) is 60.9 Å². The number of nitrogens with zero attached hydrogens (tertiary/aromatic N) is 4. The fourth-order valence-electron chi connectivity index (χ4n) is 6.43. The molecule has 2 aliphatic rings. The highest BCUT2D eigenvalue weighted by Crippen LogP contribution is 2.33. The number of ether oxygens (including phenoxy) is 1. The molecule has 0 spiro atoms. The number of imidazole rings is 2. The predicted molar refractivity (Wildman–Crippen MR) is 178 cm³/mol. The number of alkyl carbamates (subject to hydrolysis) is 1. The summed E-state index contributed by atoms with van der Waals surface area (Å²) < 4.78 is 4.74. The number of hydrogen-bond acceptors (Lipinski definition) is 7. The van der Waals surface area contributed by atoms with Gasteiger partial charge in [-0.25, -0.2) is 14.8 Å². The highest BCUT2D eigenvalue weighted by atomic mass is 16.5. The number of rotatable bonds is 9. The maximum atomic E-state index is 13.5. The first-order chi connectivity index (χ1) is 22.7. The Balaban J connectivity index is 1.10. The lowest BCUT2D eigenvalue weighted by molar-refractivity contribution is -0.136. The van der Waals surface area contributed by atoms with E-state index < -0.39 is 18.2 Å². The lowest BCUT2D eigenvalue weighted by Gasteiger charge is -2.30. The summed E-state index contributed by atoms with van der Waals surface area (Å²) in [5.41, 5.74) is 11.9. The van der Waals surface area contributed by atoms with Crippen LogP contribution in [0.4, 0.5) is 4.79 Å². The molecule has 3 amide bonds. The molecule has 4 heterocycles. The molecule has 47 heavy (non-hydrogen) atoms. The minimum Gasteiger partial charge on any atom is -0.453 e. The number of nitrogens with one attached hydrogen (secondary N) is 3. The lowest BCUT2D eigenvalue weighted by Crippen LogP contribution is -2.51. The number of benzene rings is 2. The fraction of sp³-hybridized carbons (Fsp3) is 0.400. The molecular weight excluding hydrogens is 596 g/mol. The Labute approximate surface area is 274 Å². The van der Waals surface area contributed by atoms with Gasteiger partial charge in [0.25, 0.3) is 0 Å². The average Bonchev–Trinajstić information content (AvgIpc) is 3.87. The first-order valence-electron chi connectivity index (χ1n) is 16.2. The Bertz CT molecular complexity index is 1710. The molecule has 0 bridgehead atoms. The van der Waals surface area contributed by atoms with Gasteiger partial charge in [-0.1, -0.05) is 62.4 Å². The number of hydrogen-bond donors (Lipinski definition) is 4. The van der Waals surface area contributed by atoms with Gasteiger partial charge < -0.3 is 35.6 Å². The van der Waals surface area contributed by atoms with E-state index in [0.717, 1.165) is 71.0 Å². The molecule has 2 fully saturated rings. The second-order valence-corrected chi connectivity index (χ2v) is 12.6. The number of carbonyl (C=O) groups excluding carboxylic acids is 3. The standard InChI is InChI=1S/C35H42N8O4/c1-21(2)31(41-35(46)47-3)34(45)43-17-5-7-29(43)32-38-19-28(40-32)25-14-10-23(11-15-25)22-8-12-24(13-9-22)27-18-37-30(39-27)20-42-16-4-6-26(36)33(42)44/h8-15,18-19,21,26,29,31H,4-7,16-17,20,36H2,1-3H3,(H,37,39)(H,38,40)(H,41,46)/t26?,29-,31-/m0/s1. The number of nitrogens with two attached hydrogens (primary N) is 1. The second kappa shape index (κ2) is 13.8. The number of carbonyl (C=O) groups is 3. The molecule has 3 atom stereocenters. The first-order valence-corrected chi connectivity index (χ1v) is 16.2. The number of piperidine rings is 1. The summed E-state index contributed by atoms with van der Waals surface area (Å²) >= 11 is 0. The number of H-pyrrole nitrogens is 2. The summed E-state index contributed by atoms with van der Waals surface area (Å²) in [6.45, 7) is 5.55. The Morgan fingerprint density at radius 1 is 0.915 bits per heavy atom. The van der Waals surface area contributed by atoms with Gasteiger partial charge in [0.05, 0.1) is 49.5 Å². The summed E-state index contributed by atoms with van der Waals surface area (Å²) in [4.78, 5) is 57.2. The molecule has 0 radical (unpaired) electrons. The van der Waals surface area contributed by atoms with Gasteiger partial charge in [-0.05, 0) is 53.9 Å². The molecular formula is C35H42N8O4. The van der Waals surface area contributed by atoms with Gasteiger partial charge in [-0.3, -0.25) is 9.59 Å². The van der Waals surface area contributed by atoms with Crippen molar-refractivity contribution in [3.8, 4) is 33.6 Å². The fourth-order valence-corrected chi connectivity index (χ4v) is 6.43. The van der Waals surface area contributed by atoms with Crippen molar-refractivity contribution in [2.75, 3.05) is 20.2 Å². The van der Waals surface area contributed by atoms with Crippen molar-refractivity contribution in [3.63, 3.8) is 0 Å².